The van der Waals surface area contributed by atoms with Crippen molar-refractivity contribution in [2.24, 2.45) is 11.1 Å². The Morgan fingerprint density at radius 3 is 2.86 bits per heavy atom. The zero-order valence-electron chi connectivity index (χ0n) is 12.7. The molecule has 1 aliphatic carbocycles. The van der Waals surface area contributed by atoms with E-state index in [1.54, 1.807) is 0 Å². The van der Waals surface area contributed by atoms with Crippen LogP contribution >= 0.6 is 0 Å². The van der Waals surface area contributed by atoms with Crippen LogP contribution in [0.4, 0.5) is 0 Å². The van der Waals surface area contributed by atoms with E-state index in [0.29, 0.717) is 6.42 Å². The van der Waals surface area contributed by atoms with Crippen molar-refractivity contribution in [3.05, 3.63) is 36.0 Å². The molecule has 0 aliphatic heterocycles. The van der Waals surface area contributed by atoms with Crippen LogP contribution in [-0.2, 0) is 13.0 Å². The summed E-state index contributed by atoms with van der Waals surface area (Å²) in [6, 6.07) is 11.4. The van der Waals surface area contributed by atoms with Gasteiger partial charge in [-0.05, 0) is 48.8 Å². The molecular formula is C18H23N3. The standard InChI is InChI=1S/C18H23N3/c1-2-16(20)11-14-3-4-15-5-10-21(17(15)12-14)13-18(6-7-18)8-9-19/h3-5,10,12,16H,2,6-8,11,13,20H2,1H3. The van der Waals surface area contributed by atoms with Gasteiger partial charge in [0.2, 0.25) is 0 Å². The van der Waals surface area contributed by atoms with Gasteiger partial charge >= 0.3 is 0 Å². The Balaban J connectivity index is 1.86. The topological polar surface area (TPSA) is 54.7 Å². The van der Waals surface area contributed by atoms with E-state index < -0.39 is 0 Å². The van der Waals surface area contributed by atoms with Crippen LogP contribution in [-0.4, -0.2) is 10.6 Å². The number of hydrogen-bond donors (Lipinski definition) is 1. The molecule has 1 atom stereocenters. The number of nitrogens with zero attached hydrogens (tertiary/aromatic N) is 2. The Morgan fingerprint density at radius 1 is 1.38 bits per heavy atom. The number of benzene rings is 1. The lowest BCUT2D eigenvalue weighted by molar-refractivity contribution is 0.439. The SMILES string of the molecule is CCC(N)Cc1ccc2ccn(CC3(CC#N)CC3)c2c1. The van der Waals surface area contributed by atoms with Gasteiger partial charge in [0.25, 0.3) is 0 Å². The highest BCUT2D eigenvalue weighted by molar-refractivity contribution is 5.80. The molecule has 3 heteroatoms. The lowest BCUT2D eigenvalue weighted by Gasteiger charge is -2.14. The fourth-order valence-electron chi connectivity index (χ4n) is 3.04. The Hall–Kier alpha value is -1.79. The molecule has 21 heavy (non-hydrogen) atoms. The van der Waals surface area contributed by atoms with Gasteiger partial charge in [-0.15, -0.1) is 0 Å². The van der Waals surface area contributed by atoms with E-state index in [0.717, 1.165) is 19.4 Å². The van der Waals surface area contributed by atoms with E-state index in [-0.39, 0.29) is 11.5 Å². The van der Waals surface area contributed by atoms with Crippen molar-refractivity contribution >= 4 is 10.9 Å². The quantitative estimate of drug-likeness (QED) is 0.879. The van der Waals surface area contributed by atoms with Crippen molar-refractivity contribution < 1.29 is 0 Å². The van der Waals surface area contributed by atoms with Gasteiger partial charge < -0.3 is 10.3 Å². The summed E-state index contributed by atoms with van der Waals surface area (Å²) >= 11 is 0. The summed E-state index contributed by atoms with van der Waals surface area (Å²) in [5.41, 5.74) is 8.89. The molecule has 1 unspecified atom stereocenters. The summed E-state index contributed by atoms with van der Waals surface area (Å²) < 4.78 is 2.32. The maximum atomic E-state index is 8.98. The van der Waals surface area contributed by atoms with Gasteiger partial charge in [0, 0.05) is 36.1 Å². The van der Waals surface area contributed by atoms with Crippen LogP contribution in [0.15, 0.2) is 30.5 Å². The van der Waals surface area contributed by atoms with E-state index in [2.05, 4.69) is 48.0 Å². The third-order valence-electron chi connectivity index (χ3n) is 4.78. The first-order valence-electron chi connectivity index (χ1n) is 7.86. The van der Waals surface area contributed by atoms with Crippen LogP contribution in [0.2, 0.25) is 0 Å². The molecule has 1 aromatic heterocycles. The number of fused-ring (bicyclic) bond motifs is 1. The molecule has 1 aliphatic rings. The number of nitrogens with two attached hydrogens (primary N) is 1. The Bertz CT molecular complexity index is 673. The summed E-state index contributed by atoms with van der Waals surface area (Å²) in [6.45, 7) is 3.10. The van der Waals surface area contributed by atoms with Gasteiger partial charge in [-0.2, -0.15) is 5.26 Å². The highest BCUT2D eigenvalue weighted by atomic mass is 15.0. The molecule has 1 saturated carbocycles. The average molecular weight is 281 g/mol. The van der Waals surface area contributed by atoms with Gasteiger partial charge in [-0.1, -0.05) is 19.1 Å². The van der Waals surface area contributed by atoms with Crippen LogP contribution in [0.3, 0.4) is 0 Å². The molecule has 3 rings (SSSR count). The van der Waals surface area contributed by atoms with Crippen molar-refractivity contribution in [1.29, 1.82) is 5.26 Å². The third-order valence-corrected chi connectivity index (χ3v) is 4.78. The van der Waals surface area contributed by atoms with Crippen LogP contribution in [0.5, 0.6) is 0 Å². The summed E-state index contributed by atoms with van der Waals surface area (Å²) in [5.74, 6) is 0. The highest BCUT2D eigenvalue weighted by Gasteiger charge is 2.42. The van der Waals surface area contributed by atoms with E-state index in [4.69, 9.17) is 11.0 Å². The highest BCUT2D eigenvalue weighted by Crippen LogP contribution is 2.50. The molecule has 1 fully saturated rings. The van der Waals surface area contributed by atoms with E-state index >= 15 is 0 Å². The van der Waals surface area contributed by atoms with Crippen molar-refractivity contribution in [3.8, 4) is 6.07 Å². The maximum absolute atomic E-state index is 8.98. The molecule has 0 amide bonds. The van der Waals surface area contributed by atoms with Gasteiger partial charge in [0.15, 0.2) is 0 Å². The zero-order chi connectivity index (χ0) is 14.9. The number of nitriles is 1. The fraction of sp³-hybridized carbons (Fsp3) is 0.500. The summed E-state index contributed by atoms with van der Waals surface area (Å²) in [5, 5.41) is 10.3. The van der Waals surface area contributed by atoms with Crippen molar-refractivity contribution in [2.75, 3.05) is 0 Å². The molecule has 110 valence electrons. The predicted molar refractivity (Wildman–Crippen MR) is 85.8 cm³/mol. The number of rotatable bonds is 6. The molecular weight excluding hydrogens is 258 g/mol. The normalized spacial score (nSPS) is 17.6. The monoisotopic (exact) mass is 281 g/mol. The van der Waals surface area contributed by atoms with E-state index in [1.807, 2.05) is 0 Å². The molecule has 1 aromatic carbocycles. The van der Waals surface area contributed by atoms with Gasteiger partial charge in [0.05, 0.1) is 6.07 Å². The summed E-state index contributed by atoms with van der Waals surface area (Å²) in [4.78, 5) is 0. The summed E-state index contributed by atoms with van der Waals surface area (Å²) in [6.07, 6.45) is 7.13. The third kappa shape index (κ3) is 2.96. The largest absolute Gasteiger partial charge is 0.347 e. The molecule has 0 spiro atoms. The van der Waals surface area contributed by atoms with Crippen LogP contribution in [0.1, 0.15) is 38.2 Å². The van der Waals surface area contributed by atoms with Crippen molar-refractivity contribution in [3.63, 3.8) is 0 Å². The lowest BCUT2D eigenvalue weighted by Crippen LogP contribution is -2.21. The van der Waals surface area contributed by atoms with Gasteiger partial charge in [-0.3, -0.25) is 0 Å². The fourth-order valence-corrected chi connectivity index (χ4v) is 3.04. The maximum Gasteiger partial charge on any atom is 0.0628 e. The lowest BCUT2D eigenvalue weighted by atomic mass is 10.0. The Morgan fingerprint density at radius 2 is 2.19 bits per heavy atom. The Labute approximate surface area is 126 Å². The molecule has 0 saturated heterocycles. The minimum absolute atomic E-state index is 0.233. The average Bonchev–Trinajstić information content (AvgIpc) is 3.13. The van der Waals surface area contributed by atoms with Gasteiger partial charge in [0.1, 0.15) is 0 Å². The molecule has 3 nitrogen and oxygen atoms in total. The second-order valence-electron chi connectivity index (χ2n) is 6.54. The first kappa shape index (κ1) is 14.2. The van der Waals surface area contributed by atoms with E-state index in [1.165, 1.54) is 29.3 Å². The zero-order valence-corrected chi connectivity index (χ0v) is 12.7. The van der Waals surface area contributed by atoms with Gasteiger partial charge in [-0.25, -0.2) is 0 Å². The molecule has 2 aromatic rings. The second kappa shape index (κ2) is 5.54. The summed E-state index contributed by atoms with van der Waals surface area (Å²) in [7, 11) is 0. The van der Waals surface area contributed by atoms with Crippen molar-refractivity contribution in [2.45, 2.75) is 51.6 Å². The number of hydrogen-bond acceptors (Lipinski definition) is 2. The van der Waals surface area contributed by atoms with E-state index in [9.17, 15) is 0 Å². The first-order chi connectivity index (χ1) is 10.2. The van der Waals surface area contributed by atoms with Crippen LogP contribution < -0.4 is 5.73 Å². The van der Waals surface area contributed by atoms with Crippen molar-refractivity contribution in [1.82, 2.24) is 4.57 Å². The second-order valence-corrected chi connectivity index (χ2v) is 6.54. The molecule has 1 heterocycles. The Kier molecular flexibility index (Phi) is 3.73. The minimum atomic E-state index is 0.233. The number of aromatic nitrogens is 1. The minimum Gasteiger partial charge on any atom is -0.347 e. The predicted octanol–water partition coefficient (Wildman–Crippen LogP) is 3.61. The first-order valence-corrected chi connectivity index (χ1v) is 7.86. The molecule has 0 bridgehead atoms. The molecule has 0 radical (unpaired) electrons. The smallest absolute Gasteiger partial charge is 0.0628 e. The molecule has 2 N–H and O–H groups in total. The van der Waals surface area contributed by atoms with Crippen LogP contribution in [0.25, 0.3) is 10.9 Å². The van der Waals surface area contributed by atoms with Crippen LogP contribution in [0, 0.1) is 16.7 Å².